The maximum atomic E-state index is 4.13. The fourth-order valence-corrected chi connectivity index (χ4v) is 2.00. The minimum Gasteiger partial charge on any atom is -0.313 e. The van der Waals surface area contributed by atoms with Crippen molar-refractivity contribution in [3.63, 3.8) is 0 Å². The zero-order valence-corrected chi connectivity index (χ0v) is 9.24. The third kappa shape index (κ3) is 3.01. The number of pyridine rings is 1. The van der Waals surface area contributed by atoms with E-state index >= 15 is 0 Å². The van der Waals surface area contributed by atoms with Crippen LogP contribution in [0.15, 0.2) is 24.5 Å². The molecule has 2 N–H and O–H groups in total. The lowest BCUT2D eigenvalue weighted by Gasteiger charge is -2.17. The molecule has 0 saturated carbocycles. The van der Waals surface area contributed by atoms with Crippen LogP contribution in [0.2, 0.25) is 0 Å². The van der Waals surface area contributed by atoms with Crippen LogP contribution in [0.4, 0.5) is 0 Å². The van der Waals surface area contributed by atoms with E-state index in [1.807, 2.05) is 18.5 Å². The van der Waals surface area contributed by atoms with Crippen LogP contribution in [0.5, 0.6) is 0 Å². The number of hydrogen-bond donors (Lipinski definition) is 2. The van der Waals surface area contributed by atoms with E-state index in [1.165, 1.54) is 24.9 Å². The Labute approximate surface area is 91.3 Å². The average molecular weight is 205 g/mol. The number of nitrogens with one attached hydrogen (secondary N) is 2. The van der Waals surface area contributed by atoms with Crippen molar-refractivity contribution in [1.82, 2.24) is 15.6 Å². The molecule has 15 heavy (non-hydrogen) atoms. The molecule has 1 aromatic rings. The monoisotopic (exact) mass is 205 g/mol. The highest BCUT2D eigenvalue weighted by molar-refractivity contribution is 5.12. The lowest BCUT2D eigenvalue weighted by molar-refractivity contribution is 0.489. The van der Waals surface area contributed by atoms with Crippen LogP contribution < -0.4 is 10.6 Å². The summed E-state index contributed by atoms with van der Waals surface area (Å²) in [7, 11) is 0. The fourth-order valence-electron chi connectivity index (χ4n) is 2.00. The third-order valence-electron chi connectivity index (χ3n) is 3.02. The van der Waals surface area contributed by atoms with Crippen LogP contribution in [0.25, 0.3) is 0 Å². The van der Waals surface area contributed by atoms with E-state index in [4.69, 9.17) is 0 Å². The Balaban J connectivity index is 1.79. The van der Waals surface area contributed by atoms with Gasteiger partial charge in [-0.25, -0.2) is 0 Å². The molecule has 0 radical (unpaired) electrons. The SMILES string of the molecule is C[C@@H](NCC1CCCN1)c1cccnc1. The smallest absolute Gasteiger partial charge is 0.0315 e. The second kappa shape index (κ2) is 5.24. The molecule has 1 fully saturated rings. The number of aromatic nitrogens is 1. The van der Waals surface area contributed by atoms with Crippen molar-refractivity contribution in [2.24, 2.45) is 0 Å². The summed E-state index contributed by atoms with van der Waals surface area (Å²) < 4.78 is 0. The second-order valence-corrected chi connectivity index (χ2v) is 4.21. The van der Waals surface area contributed by atoms with E-state index in [0.717, 1.165) is 6.54 Å². The molecular weight excluding hydrogens is 186 g/mol. The van der Waals surface area contributed by atoms with Crippen molar-refractivity contribution >= 4 is 0 Å². The molecule has 1 aliphatic rings. The maximum Gasteiger partial charge on any atom is 0.0315 e. The average Bonchev–Trinajstić information content (AvgIpc) is 2.80. The Kier molecular flexibility index (Phi) is 3.69. The van der Waals surface area contributed by atoms with Gasteiger partial charge in [-0.05, 0) is 37.9 Å². The first kappa shape index (κ1) is 10.6. The van der Waals surface area contributed by atoms with E-state index < -0.39 is 0 Å². The highest BCUT2D eigenvalue weighted by atomic mass is 15.0. The maximum absolute atomic E-state index is 4.13. The van der Waals surface area contributed by atoms with Crippen molar-refractivity contribution in [2.45, 2.75) is 31.8 Å². The Morgan fingerprint density at radius 1 is 1.67 bits per heavy atom. The zero-order chi connectivity index (χ0) is 10.5. The Hall–Kier alpha value is -0.930. The van der Waals surface area contributed by atoms with Gasteiger partial charge in [0, 0.05) is 31.0 Å². The Morgan fingerprint density at radius 2 is 2.60 bits per heavy atom. The van der Waals surface area contributed by atoms with Crippen LogP contribution in [0.1, 0.15) is 31.4 Å². The van der Waals surface area contributed by atoms with Crippen molar-refractivity contribution in [2.75, 3.05) is 13.1 Å². The highest BCUT2D eigenvalue weighted by Gasteiger charge is 2.14. The lowest BCUT2D eigenvalue weighted by atomic mass is 10.1. The van der Waals surface area contributed by atoms with Gasteiger partial charge in [0.2, 0.25) is 0 Å². The summed E-state index contributed by atoms with van der Waals surface area (Å²) in [5.74, 6) is 0. The summed E-state index contributed by atoms with van der Waals surface area (Å²) in [6.07, 6.45) is 6.36. The van der Waals surface area contributed by atoms with E-state index in [1.54, 1.807) is 0 Å². The zero-order valence-electron chi connectivity index (χ0n) is 9.24. The molecule has 2 heterocycles. The van der Waals surface area contributed by atoms with Crippen LogP contribution in [0.3, 0.4) is 0 Å². The molecule has 2 rings (SSSR count). The van der Waals surface area contributed by atoms with Gasteiger partial charge in [0.05, 0.1) is 0 Å². The summed E-state index contributed by atoms with van der Waals surface area (Å²) in [5.41, 5.74) is 1.26. The van der Waals surface area contributed by atoms with E-state index in [0.29, 0.717) is 12.1 Å². The normalized spacial score (nSPS) is 22.9. The van der Waals surface area contributed by atoms with Crippen molar-refractivity contribution in [1.29, 1.82) is 0 Å². The first-order valence-electron chi connectivity index (χ1n) is 5.73. The van der Waals surface area contributed by atoms with E-state index in [-0.39, 0.29) is 0 Å². The molecule has 1 aromatic heterocycles. The predicted molar refractivity (Wildman–Crippen MR) is 61.7 cm³/mol. The van der Waals surface area contributed by atoms with Crippen LogP contribution >= 0.6 is 0 Å². The van der Waals surface area contributed by atoms with Gasteiger partial charge in [0.15, 0.2) is 0 Å². The summed E-state index contributed by atoms with van der Waals surface area (Å²) in [6, 6.07) is 5.15. The summed E-state index contributed by atoms with van der Waals surface area (Å²) in [4.78, 5) is 4.13. The van der Waals surface area contributed by atoms with Gasteiger partial charge < -0.3 is 10.6 Å². The van der Waals surface area contributed by atoms with Gasteiger partial charge in [-0.15, -0.1) is 0 Å². The Bertz CT molecular complexity index is 280. The van der Waals surface area contributed by atoms with Gasteiger partial charge in [0.25, 0.3) is 0 Å². The van der Waals surface area contributed by atoms with Gasteiger partial charge in [-0.3, -0.25) is 4.98 Å². The molecule has 1 saturated heterocycles. The van der Waals surface area contributed by atoms with Gasteiger partial charge in [-0.1, -0.05) is 6.07 Å². The molecule has 0 spiro atoms. The molecule has 0 bridgehead atoms. The first-order valence-corrected chi connectivity index (χ1v) is 5.73. The van der Waals surface area contributed by atoms with Crippen molar-refractivity contribution in [3.8, 4) is 0 Å². The quantitative estimate of drug-likeness (QED) is 0.782. The minimum absolute atomic E-state index is 0.390. The Morgan fingerprint density at radius 3 is 3.27 bits per heavy atom. The molecule has 2 atom stereocenters. The number of hydrogen-bond acceptors (Lipinski definition) is 3. The van der Waals surface area contributed by atoms with E-state index in [9.17, 15) is 0 Å². The standard InChI is InChI=1S/C12H19N3/c1-10(11-4-2-6-13-8-11)15-9-12-5-3-7-14-12/h2,4,6,8,10,12,14-15H,3,5,7,9H2,1H3/t10-,12?/m1/s1. The van der Waals surface area contributed by atoms with E-state index in [2.05, 4.69) is 28.6 Å². The highest BCUT2D eigenvalue weighted by Crippen LogP contribution is 2.11. The molecule has 0 aromatic carbocycles. The van der Waals surface area contributed by atoms with Gasteiger partial charge >= 0.3 is 0 Å². The molecule has 0 aliphatic carbocycles. The summed E-state index contributed by atoms with van der Waals surface area (Å²) >= 11 is 0. The molecule has 0 amide bonds. The molecular formula is C12H19N3. The summed E-state index contributed by atoms with van der Waals surface area (Å²) in [5, 5.41) is 7.02. The van der Waals surface area contributed by atoms with Crippen LogP contribution in [-0.2, 0) is 0 Å². The largest absolute Gasteiger partial charge is 0.313 e. The molecule has 3 heteroatoms. The molecule has 1 aliphatic heterocycles. The van der Waals surface area contributed by atoms with Crippen LogP contribution in [-0.4, -0.2) is 24.1 Å². The second-order valence-electron chi connectivity index (χ2n) is 4.21. The predicted octanol–water partition coefficient (Wildman–Crippen LogP) is 1.48. The lowest BCUT2D eigenvalue weighted by Crippen LogP contribution is -2.35. The third-order valence-corrected chi connectivity index (χ3v) is 3.02. The first-order chi connectivity index (χ1) is 7.36. The summed E-state index contributed by atoms with van der Waals surface area (Å²) in [6.45, 7) is 4.41. The van der Waals surface area contributed by atoms with Crippen LogP contribution in [0, 0.1) is 0 Å². The molecule has 3 nitrogen and oxygen atoms in total. The number of nitrogens with zero attached hydrogens (tertiary/aromatic N) is 1. The van der Waals surface area contributed by atoms with Gasteiger partial charge in [-0.2, -0.15) is 0 Å². The number of rotatable bonds is 4. The van der Waals surface area contributed by atoms with Crippen molar-refractivity contribution in [3.05, 3.63) is 30.1 Å². The minimum atomic E-state index is 0.390. The topological polar surface area (TPSA) is 37.0 Å². The van der Waals surface area contributed by atoms with Gasteiger partial charge in [0.1, 0.15) is 0 Å². The van der Waals surface area contributed by atoms with Crippen molar-refractivity contribution < 1.29 is 0 Å². The molecule has 1 unspecified atom stereocenters. The molecule has 82 valence electrons. The fraction of sp³-hybridized carbons (Fsp3) is 0.583.